The van der Waals surface area contributed by atoms with Gasteiger partial charge in [-0.1, -0.05) is 142 Å². The first kappa shape index (κ1) is 38.8. The Kier molecular flexibility index (Phi) is 11.1. The van der Waals surface area contributed by atoms with Crippen LogP contribution in [-0.2, 0) is 20.1 Å². The van der Waals surface area contributed by atoms with Gasteiger partial charge >= 0.3 is 0 Å². The van der Waals surface area contributed by atoms with Crippen LogP contribution in [0.1, 0.15) is 70.1 Å². The van der Waals surface area contributed by atoms with E-state index in [9.17, 15) is 4.39 Å². The van der Waals surface area contributed by atoms with Crippen LogP contribution in [0.25, 0.3) is 94.8 Å². The molecule has 7 aromatic carbocycles. The van der Waals surface area contributed by atoms with Gasteiger partial charge in [-0.3, -0.25) is 4.98 Å². The summed E-state index contributed by atoms with van der Waals surface area (Å²) in [6.07, 6.45) is 1.36. The van der Waals surface area contributed by atoms with E-state index in [4.69, 9.17) is 22.6 Å². The van der Waals surface area contributed by atoms with Crippen molar-refractivity contribution >= 4 is 33.1 Å². The minimum Gasteiger partial charge on any atom is -0.486 e. The van der Waals surface area contributed by atoms with Gasteiger partial charge < -0.3 is 14.0 Å². The molecule has 4 heterocycles. The topological polar surface area (TPSA) is 56.7 Å². The Morgan fingerprint density at radius 1 is 0.618 bits per heavy atom. The van der Waals surface area contributed by atoms with Crippen molar-refractivity contribution in [2.24, 2.45) is 0 Å². The quantitative estimate of drug-likeness (QED) is 0.142. The standard InChI is InChI=1S/C43H36N3O.C18H13FN.Ir/c1-26(2)32-18-12-19-33(27(3)4)40(32)46-39-23-10-9-22-38(39)45-42(46)35-21-13-20-34-37-25-36(28(5)44-43(37)47-41(34)35)31-17-11-16-30(24-31)29-14-7-6-8-15-29;1-13-5-10-18(20-12-13)16-4-2-3-15(11-16)14-6-8-17(19)9-7-14;/h6-20,22-27H,1-5H3;2-3,5-12H,1H3;/q2*-1;/i5D3;1D3;. The third-order valence-corrected chi connectivity index (χ3v) is 12.1. The van der Waals surface area contributed by atoms with E-state index in [1.807, 2.05) is 103 Å². The Balaban J connectivity index is 0.000000235. The van der Waals surface area contributed by atoms with Crippen LogP contribution < -0.4 is 0 Å². The van der Waals surface area contributed by atoms with Gasteiger partial charge in [0.05, 0.1) is 22.4 Å². The molecule has 0 aliphatic heterocycles. The number of aryl methyl sites for hydroxylation is 2. The number of para-hydroxylation sites is 3. The number of fused-ring (bicyclic) bond motifs is 4. The van der Waals surface area contributed by atoms with E-state index in [1.165, 1.54) is 29.5 Å². The van der Waals surface area contributed by atoms with Gasteiger partial charge in [-0.15, -0.1) is 53.6 Å². The molecule has 0 saturated heterocycles. The Morgan fingerprint density at radius 3 is 2.04 bits per heavy atom. The van der Waals surface area contributed by atoms with Crippen LogP contribution in [0.15, 0.2) is 180 Å². The van der Waals surface area contributed by atoms with E-state index in [2.05, 4.69) is 73.6 Å². The normalized spacial score (nSPS) is 13.0. The summed E-state index contributed by atoms with van der Waals surface area (Å²) in [5, 5.41) is 1.55. The molecule has 11 rings (SSSR count). The molecule has 0 amide bonds. The Bertz CT molecular complexity index is 3770. The monoisotopic (exact) mass is 1070 g/mol. The van der Waals surface area contributed by atoms with Gasteiger partial charge in [-0.25, -0.2) is 9.37 Å². The van der Waals surface area contributed by atoms with Gasteiger partial charge in [0.15, 0.2) is 0 Å². The molecule has 0 fully saturated rings. The second kappa shape index (κ2) is 19.5. The van der Waals surface area contributed by atoms with Crippen LogP contribution in [0.2, 0.25) is 0 Å². The number of hydrogen-bond acceptors (Lipinski definition) is 4. The number of aromatic nitrogens is 4. The summed E-state index contributed by atoms with van der Waals surface area (Å²) in [6.45, 7) is 4.24. The summed E-state index contributed by atoms with van der Waals surface area (Å²) >= 11 is 0. The molecule has 4 aromatic heterocycles. The van der Waals surface area contributed by atoms with Crippen LogP contribution in [-0.4, -0.2) is 19.5 Å². The summed E-state index contributed by atoms with van der Waals surface area (Å²) in [4.78, 5) is 14.1. The Hall–Kier alpha value is -7.31. The average molecular weight is 1070 g/mol. The first-order valence-electron chi connectivity index (χ1n) is 25.3. The van der Waals surface area contributed by atoms with E-state index in [1.54, 1.807) is 30.3 Å². The molecule has 0 bridgehead atoms. The number of benzene rings is 7. The predicted octanol–water partition coefficient (Wildman–Crippen LogP) is 16.3. The molecule has 7 heteroatoms. The van der Waals surface area contributed by atoms with Crippen LogP contribution >= 0.6 is 0 Å². The smallest absolute Gasteiger partial charge is 0.216 e. The molecule has 0 unspecified atom stereocenters. The van der Waals surface area contributed by atoms with Crippen molar-refractivity contribution in [3.63, 3.8) is 0 Å². The SMILES string of the molecule is [2H]C([2H])([2H])c1ccc(-c2[c-]ccc(-c3ccc(F)cc3)c2)nc1.[2H]C([2H])([2H])c1nc2oc3c(-c4nc5ccccc5n4-c4c(C(C)C)cccc4C(C)C)[c-]ccc3c2cc1-c1cccc(-c2ccccc2)c1.[Ir]. The first-order valence-corrected chi connectivity index (χ1v) is 22.3. The summed E-state index contributed by atoms with van der Waals surface area (Å²) in [7, 11) is 0. The Morgan fingerprint density at radius 2 is 1.31 bits per heavy atom. The van der Waals surface area contributed by atoms with Gasteiger partial charge in [0.25, 0.3) is 0 Å². The Labute approximate surface area is 419 Å². The fraction of sp³-hybridized carbons (Fsp3) is 0.131. The van der Waals surface area contributed by atoms with Crippen molar-refractivity contribution in [1.29, 1.82) is 0 Å². The molecule has 1 radical (unpaired) electrons. The van der Waals surface area contributed by atoms with Gasteiger partial charge in [-0.2, -0.15) is 0 Å². The van der Waals surface area contributed by atoms with Crippen molar-refractivity contribution in [3.05, 3.63) is 216 Å². The number of rotatable bonds is 8. The molecule has 0 aliphatic carbocycles. The van der Waals surface area contributed by atoms with Crippen molar-refractivity contribution in [1.82, 2.24) is 19.5 Å². The summed E-state index contributed by atoms with van der Waals surface area (Å²) in [5.74, 6) is 0.964. The molecule has 0 atom stereocenters. The van der Waals surface area contributed by atoms with Crippen molar-refractivity contribution in [2.45, 2.75) is 53.2 Å². The summed E-state index contributed by atoms with van der Waals surface area (Å²) in [5.41, 5.74) is 13.7. The van der Waals surface area contributed by atoms with Crippen LogP contribution in [0.3, 0.4) is 0 Å². The van der Waals surface area contributed by atoms with Gasteiger partial charge in [0, 0.05) is 56.9 Å². The fourth-order valence-corrected chi connectivity index (χ4v) is 8.73. The van der Waals surface area contributed by atoms with Crippen molar-refractivity contribution in [2.75, 3.05) is 0 Å². The molecular weight excluding hydrogens is 1020 g/mol. The zero-order valence-electron chi connectivity index (χ0n) is 43.8. The van der Waals surface area contributed by atoms with Gasteiger partial charge in [0.2, 0.25) is 5.71 Å². The maximum Gasteiger partial charge on any atom is 0.216 e. The third-order valence-electron chi connectivity index (χ3n) is 12.1. The molecule has 0 N–H and O–H groups in total. The second-order valence-corrected chi connectivity index (χ2v) is 17.2. The zero-order chi connectivity index (χ0) is 51.2. The molecule has 337 valence electrons. The van der Waals surface area contributed by atoms with Gasteiger partial charge in [0.1, 0.15) is 5.82 Å². The fourth-order valence-electron chi connectivity index (χ4n) is 8.73. The number of imidazole rings is 1. The number of furan rings is 1. The first-order chi connectivity index (χ1) is 35.0. The van der Waals surface area contributed by atoms with Gasteiger partial charge in [-0.05, 0) is 107 Å². The summed E-state index contributed by atoms with van der Waals surface area (Å²) in [6, 6.07) is 60.0. The summed E-state index contributed by atoms with van der Waals surface area (Å²) < 4.78 is 69.3. The van der Waals surface area contributed by atoms with Crippen LogP contribution in [0, 0.1) is 31.7 Å². The van der Waals surface area contributed by atoms with Crippen molar-refractivity contribution < 1.29 is 37.1 Å². The number of pyridine rings is 2. The van der Waals surface area contributed by atoms with Crippen molar-refractivity contribution in [3.8, 4) is 61.7 Å². The van der Waals surface area contributed by atoms with E-state index in [0.717, 1.165) is 60.9 Å². The molecule has 0 aliphatic rings. The molecular formula is C61H49FIrN4O-2. The predicted molar refractivity (Wildman–Crippen MR) is 273 cm³/mol. The molecule has 11 aromatic rings. The maximum atomic E-state index is 13.0. The van der Waals surface area contributed by atoms with E-state index >= 15 is 0 Å². The van der Waals surface area contributed by atoms with Crippen LogP contribution in [0.5, 0.6) is 0 Å². The number of nitrogens with zero attached hydrogens (tertiary/aromatic N) is 4. The molecule has 5 nitrogen and oxygen atoms in total. The van der Waals surface area contributed by atoms with E-state index in [0.29, 0.717) is 28.2 Å². The maximum absolute atomic E-state index is 13.0. The van der Waals surface area contributed by atoms with Crippen LogP contribution in [0.4, 0.5) is 4.39 Å². The second-order valence-electron chi connectivity index (χ2n) is 17.2. The zero-order valence-corrected chi connectivity index (χ0v) is 40.2. The minimum atomic E-state index is -2.47. The van der Waals surface area contributed by atoms with E-state index in [-0.39, 0.29) is 54.7 Å². The molecule has 68 heavy (non-hydrogen) atoms. The van der Waals surface area contributed by atoms with E-state index < -0.39 is 13.7 Å². The average Bonchev–Trinajstić information content (AvgIpc) is 3.97. The number of halogens is 1. The largest absolute Gasteiger partial charge is 0.486 e. The molecule has 0 spiro atoms. The number of hydrogen-bond donors (Lipinski definition) is 0. The molecule has 0 saturated carbocycles. The minimum absolute atomic E-state index is 0. The third kappa shape index (κ3) is 8.95.